The Morgan fingerprint density at radius 3 is 2.62 bits per heavy atom. The molecule has 1 rings (SSSR count). The Labute approximate surface area is 177 Å². The van der Waals surface area contributed by atoms with E-state index in [2.05, 4.69) is 22.5 Å². The molecule has 8 nitrogen and oxygen atoms in total. The summed E-state index contributed by atoms with van der Waals surface area (Å²) in [6, 6.07) is 0. The fraction of sp³-hybridized carbons (Fsp3) is 0.714. The Balaban J connectivity index is 3.21. The number of esters is 1. The molecule has 8 heteroatoms. The number of cyclic esters (lactones) is 1. The van der Waals surface area contributed by atoms with E-state index in [4.69, 9.17) is 13.6 Å². The van der Waals surface area contributed by atoms with Gasteiger partial charge in [0.1, 0.15) is 12.1 Å². The first kappa shape index (κ1) is 19.9. The van der Waals surface area contributed by atoms with Crippen LogP contribution in [0.15, 0.2) is 17.1 Å². The number of nitrogens with one attached hydrogen (secondary N) is 1. The second kappa shape index (κ2) is 12.2. The molecule has 2 amide bonds. The summed E-state index contributed by atoms with van der Waals surface area (Å²) in [6.07, 6.45) is 7.19. The van der Waals surface area contributed by atoms with E-state index in [1.54, 1.807) is 27.7 Å². The summed E-state index contributed by atoms with van der Waals surface area (Å²) < 4.78 is 33.9. The molecule has 0 radical (unpaired) electrons. The molecular formula is C21H35N3O5. The zero-order valence-corrected chi connectivity index (χ0v) is 17.8. The van der Waals surface area contributed by atoms with Crippen molar-refractivity contribution in [2.45, 2.75) is 84.3 Å². The minimum absolute atomic E-state index is 0.109. The van der Waals surface area contributed by atoms with Crippen LogP contribution in [0.5, 0.6) is 0 Å². The van der Waals surface area contributed by atoms with E-state index in [1.165, 1.54) is 0 Å². The first-order valence-electron chi connectivity index (χ1n) is 11.5. The number of allylic oxidation sites excluding steroid dienone is 2. The molecule has 1 heterocycles. The molecule has 1 atom stereocenters. The minimum Gasteiger partial charge on any atom is -0.461 e. The Hall–Kier alpha value is -2.38. The lowest BCUT2D eigenvalue weighted by Gasteiger charge is -2.23. The van der Waals surface area contributed by atoms with Crippen LogP contribution in [0.3, 0.4) is 0 Å². The van der Waals surface area contributed by atoms with Crippen LogP contribution >= 0.6 is 0 Å². The summed E-state index contributed by atoms with van der Waals surface area (Å²) >= 11 is 0. The highest BCUT2D eigenvalue weighted by atomic mass is 16.6. The molecule has 1 N–H and O–H groups in total. The van der Waals surface area contributed by atoms with Gasteiger partial charge in [-0.15, -0.1) is 4.99 Å². The molecule has 29 heavy (non-hydrogen) atoms. The van der Waals surface area contributed by atoms with E-state index < -0.39 is 49.2 Å². The molecular weight excluding hydrogens is 374 g/mol. The summed E-state index contributed by atoms with van der Waals surface area (Å²) in [7, 11) is 0. The quantitative estimate of drug-likeness (QED) is 0.483. The molecule has 0 saturated carbocycles. The van der Waals surface area contributed by atoms with Crippen LogP contribution in [0.4, 0.5) is 4.79 Å². The molecule has 0 bridgehead atoms. The van der Waals surface area contributed by atoms with Gasteiger partial charge in [-0.2, -0.15) is 0 Å². The predicted molar refractivity (Wildman–Crippen MR) is 111 cm³/mol. The second-order valence-electron chi connectivity index (χ2n) is 8.00. The second-order valence-corrected chi connectivity index (χ2v) is 8.00. The number of hydrogen-bond acceptors (Lipinski definition) is 5. The van der Waals surface area contributed by atoms with Gasteiger partial charge in [0, 0.05) is 17.5 Å². The third-order valence-corrected chi connectivity index (χ3v) is 3.89. The van der Waals surface area contributed by atoms with E-state index in [9.17, 15) is 14.4 Å². The zero-order valence-electron chi connectivity index (χ0n) is 20.8. The molecule has 1 aliphatic rings. The summed E-state index contributed by atoms with van der Waals surface area (Å²) in [6.45, 7) is 3.01. The topological polar surface area (TPSA) is 97.3 Å². The van der Waals surface area contributed by atoms with E-state index in [1.807, 2.05) is 0 Å². The summed E-state index contributed by atoms with van der Waals surface area (Å²) in [5.74, 6) is -1.89. The minimum atomic E-state index is -2.87. The number of guanidine groups is 1. The third kappa shape index (κ3) is 11.9. The fourth-order valence-corrected chi connectivity index (χ4v) is 2.55. The standard InChI is InChI=1S/C21H35N3O5/c1-16-13-11-9-7-6-8-10-12-14-17(25)22-19(24(5)15-18(26)28-16)23-20(27)29-21(2,3)4/h6-7,16H,8-15H2,1-5H3,(H,22,23,25,27)/b7-6+/t16-/m0/s1/i5D3. The molecule has 0 spiro atoms. The highest BCUT2D eigenvalue weighted by molar-refractivity contribution is 6.01. The van der Waals surface area contributed by atoms with Gasteiger partial charge in [0.25, 0.3) is 0 Å². The number of nitrogens with zero attached hydrogens (tertiary/aromatic N) is 2. The normalized spacial score (nSPS) is 25.7. The van der Waals surface area contributed by atoms with E-state index >= 15 is 0 Å². The number of hydrogen-bond donors (Lipinski definition) is 1. The molecule has 0 aromatic heterocycles. The van der Waals surface area contributed by atoms with Crippen molar-refractivity contribution in [3.05, 3.63) is 12.2 Å². The molecule has 0 aliphatic carbocycles. The van der Waals surface area contributed by atoms with Crippen LogP contribution in [0, 0.1) is 0 Å². The fourth-order valence-electron chi connectivity index (χ4n) is 2.55. The highest BCUT2D eigenvalue weighted by Gasteiger charge is 2.21. The van der Waals surface area contributed by atoms with Crippen molar-refractivity contribution in [2.75, 3.05) is 13.5 Å². The van der Waals surface area contributed by atoms with Gasteiger partial charge in [0.05, 0.1) is 6.10 Å². The van der Waals surface area contributed by atoms with Crippen molar-refractivity contribution >= 4 is 23.9 Å². The molecule has 0 saturated heterocycles. The Morgan fingerprint density at radius 2 is 1.97 bits per heavy atom. The zero-order chi connectivity index (χ0) is 24.4. The summed E-state index contributed by atoms with van der Waals surface area (Å²) in [5, 5.41) is 2.37. The average molecular weight is 413 g/mol. The smallest absolute Gasteiger partial charge is 0.437 e. The maximum Gasteiger partial charge on any atom is 0.437 e. The van der Waals surface area contributed by atoms with Gasteiger partial charge in [0.15, 0.2) is 0 Å². The molecule has 0 fully saturated rings. The third-order valence-electron chi connectivity index (χ3n) is 3.89. The highest BCUT2D eigenvalue weighted by Crippen LogP contribution is 2.10. The molecule has 0 aromatic carbocycles. The lowest BCUT2D eigenvalue weighted by Crippen LogP contribution is -2.45. The van der Waals surface area contributed by atoms with Crippen molar-refractivity contribution in [2.24, 2.45) is 4.99 Å². The number of ether oxygens (including phenoxy) is 2. The largest absolute Gasteiger partial charge is 0.461 e. The van der Waals surface area contributed by atoms with E-state index in [0.29, 0.717) is 17.7 Å². The molecule has 1 aliphatic heterocycles. The molecule has 0 unspecified atom stereocenters. The number of amides is 2. The van der Waals surface area contributed by atoms with Gasteiger partial charge in [-0.05, 0) is 66.2 Å². The van der Waals surface area contributed by atoms with Crippen LogP contribution in [-0.2, 0) is 19.1 Å². The maximum atomic E-state index is 12.4. The molecule has 0 aromatic rings. The lowest BCUT2D eigenvalue weighted by atomic mass is 10.1. The van der Waals surface area contributed by atoms with Crippen molar-refractivity contribution in [1.82, 2.24) is 10.2 Å². The van der Waals surface area contributed by atoms with Gasteiger partial charge >= 0.3 is 12.1 Å². The first-order chi connectivity index (χ1) is 14.8. The molecule has 164 valence electrons. The van der Waals surface area contributed by atoms with Gasteiger partial charge in [-0.1, -0.05) is 12.2 Å². The number of likely N-dealkylation sites (N-methyl/N-ethyl adjacent to an activating group) is 1. The van der Waals surface area contributed by atoms with Crippen molar-refractivity contribution in [1.29, 1.82) is 0 Å². The Bertz CT molecular complexity index is 714. The monoisotopic (exact) mass is 412 g/mol. The maximum absolute atomic E-state index is 12.4. The van der Waals surface area contributed by atoms with Crippen LogP contribution < -0.4 is 5.32 Å². The number of aliphatic imine (C=N–C) groups is 1. The predicted octanol–water partition coefficient (Wildman–Crippen LogP) is 3.56. The Morgan fingerprint density at radius 1 is 1.28 bits per heavy atom. The van der Waals surface area contributed by atoms with Crippen molar-refractivity contribution in [3.8, 4) is 0 Å². The average Bonchev–Trinajstić information content (AvgIpc) is 2.61. The number of carbonyl (C=O) groups is 3. The van der Waals surface area contributed by atoms with Gasteiger partial charge in [-0.25, -0.2) is 4.79 Å². The van der Waals surface area contributed by atoms with Crippen molar-refractivity contribution < 1.29 is 28.0 Å². The van der Waals surface area contributed by atoms with E-state index in [-0.39, 0.29) is 6.42 Å². The Kier molecular flexibility index (Phi) is 8.41. The number of rotatable bonds is 0. The van der Waals surface area contributed by atoms with Crippen LogP contribution in [0.1, 0.15) is 76.8 Å². The summed E-state index contributed by atoms with van der Waals surface area (Å²) in [5.41, 5.74) is -0.880. The SMILES string of the molecule is [2H]C([2H])([2H])N1CC(=O)O[C@@H](C)CCC/C=C/CCCCC(=O)N/C1=N/C(=O)OC(C)(C)C. The number of carbonyl (C=O) groups excluding carboxylic acids is 3. The van der Waals surface area contributed by atoms with Gasteiger partial charge in [0.2, 0.25) is 11.9 Å². The summed E-state index contributed by atoms with van der Waals surface area (Å²) in [4.78, 5) is 41.3. The van der Waals surface area contributed by atoms with E-state index in [0.717, 1.165) is 25.7 Å². The van der Waals surface area contributed by atoms with Gasteiger partial charge < -0.3 is 14.4 Å². The lowest BCUT2D eigenvalue weighted by molar-refractivity contribution is -0.148. The van der Waals surface area contributed by atoms with Crippen molar-refractivity contribution in [3.63, 3.8) is 0 Å². The first-order valence-corrected chi connectivity index (χ1v) is 10.0. The van der Waals surface area contributed by atoms with Gasteiger partial charge in [-0.3, -0.25) is 14.9 Å². The van der Waals surface area contributed by atoms with Crippen LogP contribution in [0.2, 0.25) is 0 Å². The van der Waals surface area contributed by atoms with Crippen LogP contribution in [0.25, 0.3) is 0 Å². The van der Waals surface area contributed by atoms with Crippen LogP contribution in [-0.4, -0.2) is 54.1 Å².